The van der Waals surface area contributed by atoms with Crippen LogP contribution in [0.4, 0.5) is 11.8 Å². The molecule has 1 saturated carbocycles. The van der Waals surface area contributed by atoms with E-state index in [0.717, 1.165) is 25.7 Å². The predicted molar refractivity (Wildman–Crippen MR) is 126 cm³/mol. The minimum atomic E-state index is -0.216. The van der Waals surface area contributed by atoms with Gasteiger partial charge in [0.05, 0.1) is 18.6 Å². The maximum Gasteiger partial charge on any atom is 0.252 e. The molecular formula is C23H32ClN5O2. The molecule has 0 aliphatic heterocycles. The molecular weight excluding hydrogens is 414 g/mol. The van der Waals surface area contributed by atoms with Crippen LogP contribution < -0.4 is 10.1 Å². The highest BCUT2D eigenvalue weighted by Crippen LogP contribution is 2.32. The van der Waals surface area contributed by atoms with E-state index in [0.29, 0.717) is 40.4 Å². The first-order chi connectivity index (χ1) is 14.8. The fraction of sp³-hybridized carbons (Fsp3) is 0.522. The Labute approximate surface area is 189 Å². The highest BCUT2D eigenvalue weighted by atomic mass is 35.5. The van der Waals surface area contributed by atoms with Gasteiger partial charge in [0.2, 0.25) is 0 Å². The van der Waals surface area contributed by atoms with Crippen molar-refractivity contribution in [3.05, 3.63) is 35.5 Å². The summed E-state index contributed by atoms with van der Waals surface area (Å²) in [5.41, 5.74) is 0. The van der Waals surface area contributed by atoms with E-state index in [9.17, 15) is 5.11 Å². The molecule has 1 aromatic heterocycles. The SMILES string of the molecule is CC(C)N(/C=N/c1ncc(Oc2ccc(Cl)cc2)c(NC2CCC(O)CC2)n1)C(C)C. The summed E-state index contributed by atoms with van der Waals surface area (Å²) in [7, 11) is 0. The van der Waals surface area contributed by atoms with Crippen molar-refractivity contribution in [2.24, 2.45) is 4.99 Å². The molecule has 0 radical (unpaired) electrons. The number of rotatable bonds is 8. The van der Waals surface area contributed by atoms with Crippen molar-refractivity contribution in [1.82, 2.24) is 14.9 Å². The Morgan fingerprint density at radius 2 is 1.77 bits per heavy atom. The molecule has 1 fully saturated rings. The Morgan fingerprint density at radius 1 is 1.13 bits per heavy atom. The molecule has 0 spiro atoms. The van der Waals surface area contributed by atoms with Crippen molar-refractivity contribution >= 4 is 29.7 Å². The number of ether oxygens (including phenoxy) is 1. The van der Waals surface area contributed by atoms with Crippen LogP contribution in [0.5, 0.6) is 11.5 Å². The van der Waals surface area contributed by atoms with Gasteiger partial charge in [-0.2, -0.15) is 4.98 Å². The average molecular weight is 446 g/mol. The van der Waals surface area contributed by atoms with Gasteiger partial charge in [0.1, 0.15) is 5.75 Å². The molecule has 0 amide bonds. The number of hydrogen-bond acceptors (Lipinski definition) is 6. The van der Waals surface area contributed by atoms with Crippen LogP contribution in [-0.2, 0) is 0 Å². The molecule has 0 atom stereocenters. The van der Waals surface area contributed by atoms with Crippen LogP contribution in [0, 0.1) is 0 Å². The minimum Gasteiger partial charge on any atom is -0.452 e. The molecule has 8 heteroatoms. The maximum atomic E-state index is 9.81. The number of aliphatic hydroxyl groups excluding tert-OH is 1. The highest BCUT2D eigenvalue weighted by molar-refractivity contribution is 6.30. The van der Waals surface area contributed by atoms with Gasteiger partial charge in [0.15, 0.2) is 11.6 Å². The second-order valence-electron chi connectivity index (χ2n) is 8.47. The van der Waals surface area contributed by atoms with Gasteiger partial charge < -0.3 is 20.1 Å². The lowest BCUT2D eigenvalue weighted by atomic mass is 9.93. The molecule has 0 bridgehead atoms. The summed E-state index contributed by atoms with van der Waals surface area (Å²) in [5, 5.41) is 13.9. The predicted octanol–water partition coefficient (Wildman–Crippen LogP) is 5.42. The number of hydrogen-bond donors (Lipinski definition) is 2. The second kappa shape index (κ2) is 10.8. The van der Waals surface area contributed by atoms with Crippen molar-refractivity contribution in [1.29, 1.82) is 0 Å². The first-order valence-corrected chi connectivity index (χ1v) is 11.3. The smallest absolute Gasteiger partial charge is 0.252 e. The molecule has 2 aromatic rings. The molecule has 1 aromatic carbocycles. The van der Waals surface area contributed by atoms with Crippen molar-refractivity contribution in [3.63, 3.8) is 0 Å². The number of nitrogens with zero attached hydrogens (tertiary/aromatic N) is 4. The zero-order chi connectivity index (χ0) is 22.4. The summed E-state index contributed by atoms with van der Waals surface area (Å²) in [4.78, 5) is 15.7. The number of benzene rings is 1. The summed E-state index contributed by atoms with van der Waals surface area (Å²) < 4.78 is 6.03. The third kappa shape index (κ3) is 6.80. The van der Waals surface area contributed by atoms with Crippen molar-refractivity contribution < 1.29 is 9.84 Å². The zero-order valence-corrected chi connectivity index (χ0v) is 19.4. The van der Waals surface area contributed by atoms with E-state index in [4.69, 9.17) is 16.3 Å². The Morgan fingerprint density at radius 3 is 2.39 bits per heavy atom. The topological polar surface area (TPSA) is 82.9 Å². The van der Waals surface area contributed by atoms with E-state index in [1.807, 2.05) is 0 Å². The average Bonchev–Trinajstić information content (AvgIpc) is 2.72. The third-order valence-corrected chi connectivity index (χ3v) is 5.57. The van der Waals surface area contributed by atoms with E-state index in [1.165, 1.54) is 0 Å². The second-order valence-corrected chi connectivity index (χ2v) is 8.90. The lowest BCUT2D eigenvalue weighted by Crippen LogP contribution is -2.35. The van der Waals surface area contributed by atoms with Crippen LogP contribution in [0.15, 0.2) is 35.5 Å². The number of halogens is 1. The van der Waals surface area contributed by atoms with E-state index >= 15 is 0 Å². The molecule has 1 aliphatic rings. The normalized spacial score (nSPS) is 19.2. The minimum absolute atomic E-state index is 0.213. The van der Waals surface area contributed by atoms with Crippen LogP contribution in [0.25, 0.3) is 0 Å². The molecule has 0 saturated heterocycles. The highest BCUT2D eigenvalue weighted by Gasteiger charge is 2.21. The Hall–Kier alpha value is -2.38. The van der Waals surface area contributed by atoms with E-state index < -0.39 is 0 Å². The van der Waals surface area contributed by atoms with Gasteiger partial charge in [-0.3, -0.25) is 0 Å². The number of aliphatic hydroxyl groups is 1. The van der Waals surface area contributed by atoms with Gasteiger partial charge >= 0.3 is 0 Å². The van der Waals surface area contributed by atoms with Gasteiger partial charge in [-0.25, -0.2) is 9.98 Å². The fourth-order valence-electron chi connectivity index (χ4n) is 3.63. The van der Waals surface area contributed by atoms with Gasteiger partial charge in [-0.15, -0.1) is 0 Å². The van der Waals surface area contributed by atoms with E-state index in [-0.39, 0.29) is 12.1 Å². The number of anilines is 1. The van der Waals surface area contributed by atoms with Crippen LogP contribution >= 0.6 is 11.6 Å². The van der Waals surface area contributed by atoms with E-state index in [1.54, 1.807) is 36.8 Å². The molecule has 1 aliphatic carbocycles. The monoisotopic (exact) mass is 445 g/mol. The standard InChI is InChI=1S/C23H32ClN5O2/c1-15(2)29(16(3)4)14-26-23-25-13-21(31-20-11-5-17(24)6-12-20)22(28-23)27-18-7-9-19(30)10-8-18/h5-6,11-16,18-19,30H,7-10H2,1-4H3,(H,25,27,28)/b26-14+. The number of aromatic nitrogens is 2. The van der Waals surface area contributed by atoms with Crippen molar-refractivity contribution in [2.75, 3.05) is 5.32 Å². The summed E-state index contributed by atoms with van der Waals surface area (Å²) in [6.45, 7) is 8.50. The Balaban J connectivity index is 1.84. The molecule has 3 rings (SSSR count). The van der Waals surface area contributed by atoms with Crippen LogP contribution in [0.1, 0.15) is 53.4 Å². The maximum absolute atomic E-state index is 9.81. The van der Waals surface area contributed by atoms with Gasteiger partial charge in [0, 0.05) is 23.1 Å². The molecule has 168 valence electrons. The largest absolute Gasteiger partial charge is 0.452 e. The van der Waals surface area contributed by atoms with Crippen molar-refractivity contribution in [3.8, 4) is 11.5 Å². The summed E-state index contributed by atoms with van der Waals surface area (Å²) in [6.07, 6.45) is 6.52. The molecule has 0 unspecified atom stereocenters. The van der Waals surface area contributed by atoms with Crippen LogP contribution in [0.3, 0.4) is 0 Å². The first kappa shape index (κ1) is 23.3. The Kier molecular flexibility index (Phi) is 8.09. The zero-order valence-electron chi connectivity index (χ0n) is 18.6. The first-order valence-electron chi connectivity index (χ1n) is 10.9. The molecule has 1 heterocycles. The van der Waals surface area contributed by atoms with Crippen molar-refractivity contribution in [2.45, 2.75) is 77.6 Å². The fourth-order valence-corrected chi connectivity index (χ4v) is 3.75. The third-order valence-electron chi connectivity index (χ3n) is 5.32. The summed E-state index contributed by atoms with van der Waals surface area (Å²) in [6, 6.07) is 8.02. The molecule has 2 N–H and O–H groups in total. The van der Waals surface area contributed by atoms with Gasteiger partial charge in [-0.05, 0) is 77.6 Å². The van der Waals surface area contributed by atoms with E-state index in [2.05, 4.69) is 52.9 Å². The van der Waals surface area contributed by atoms with Gasteiger partial charge in [-0.1, -0.05) is 11.6 Å². The van der Waals surface area contributed by atoms with Gasteiger partial charge in [0.25, 0.3) is 5.95 Å². The lowest BCUT2D eigenvalue weighted by Gasteiger charge is -2.28. The van der Waals surface area contributed by atoms with Crippen LogP contribution in [-0.4, -0.2) is 50.5 Å². The molecule has 7 nitrogen and oxygen atoms in total. The van der Waals surface area contributed by atoms with Crippen LogP contribution in [0.2, 0.25) is 5.02 Å². The summed E-state index contributed by atoms with van der Waals surface area (Å²) in [5.74, 6) is 2.14. The Bertz CT molecular complexity index is 857. The summed E-state index contributed by atoms with van der Waals surface area (Å²) >= 11 is 5.98. The number of aliphatic imine (C=N–C) groups is 1. The quantitative estimate of drug-likeness (QED) is 0.417. The number of nitrogens with one attached hydrogen (secondary N) is 1. The lowest BCUT2D eigenvalue weighted by molar-refractivity contribution is 0.126. The molecule has 31 heavy (non-hydrogen) atoms.